The largest absolute Gasteiger partial charge is 0.357 e. The van der Waals surface area contributed by atoms with E-state index in [-0.39, 0.29) is 5.54 Å². The highest BCUT2D eigenvalue weighted by atomic mass is 32.2. The Morgan fingerprint density at radius 3 is 2.50 bits per heavy atom. The van der Waals surface area contributed by atoms with Crippen molar-refractivity contribution in [3.05, 3.63) is 17.0 Å². The summed E-state index contributed by atoms with van der Waals surface area (Å²) in [7, 11) is 2.03. The Morgan fingerprint density at radius 1 is 1.20 bits per heavy atom. The second kappa shape index (κ2) is 10.9. The van der Waals surface area contributed by atoms with E-state index in [0.29, 0.717) is 6.04 Å². The van der Waals surface area contributed by atoms with Gasteiger partial charge in [0.1, 0.15) is 0 Å². The van der Waals surface area contributed by atoms with Crippen LogP contribution in [0.4, 0.5) is 0 Å². The molecule has 30 heavy (non-hydrogen) atoms. The summed E-state index contributed by atoms with van der Waals surface area (Å²) >= 11 is 2.10. The smallest absolute Gasteiger partial charge is 0.191 e. The number of nitrogens with zero attached hydrogens (tertiary/aromatic N) is 4. The Kier molecular flexibility index (Phi) is 8.52. The minimum Gasteiger partial charge on any atom is -0.357 e. The van der Waals surface area contributed by atoms with Gasteiger partial charge in [-0.05, 0) is 52.5 Å². The van der Waals surface area contributed by atoms with Gasteiger partial charge in [0.2, 0.25) is 0 Å². The Labute approximate surface area is 187 Å². The highest BCUT2D eigenvalue weighted by Crippen LogP contribution is 2.35. The monoisotopic (exact) mass is 434 g/mol. The van der Waals surface area contributed by atoms with E-state index in [1.807, 2.05) is 11.7 Å². The topological polar surface area (TPSA) is 57.5 Å². The van der Waals surface area contributed by atoms with Crippen molar-refractivity contribution in [3.8, 4) is 0 Å². The average molecular weight is 435 g/mol. The van der Waals surface area contributed by atoms with E-state index in [1.165, 1.54) is 68.0 Å². The molecular formula is C23H42N6S. The molecule has 1 aromatic heterocycles. The Morgan fingerprint density at radius 2 is 1.90 bits per heavy atom. The molecule has 0 spiro atoms. The summed E-state index contributed by atoms with van der Waals surface area (Å²) in [5.74, 6) is 3.50. The number of nitrogens with one attached hydrogen (secondary N) is 2. The van der Waals surface area contributed by atoms with Crippen molar-refractivity contribution < 1.29 is 0 Å². The van der Waals surface area contributed by atoms with Crippen LogP contribution in [0, 0.1) is 13.8 Å². The van der Waals surface area contributed by atoms with Crippen molar-refractivity contribution in [1.29, 1.82) is 0 Å². The first-order chi connectivity index (χ1) is 14.4. The van der Waals surface area contributed by atoms with Gasteiger partial charge in [-0.1, -0.05) is 19.3 Å². The van der Waals surface area contributed by atoms with Gasteiger partial charge in [-0.25, -0.2) is 0 Å². The van der Waals surface area contributed by atoms with Crippen LogP contribution in [0.1, 0.15) is 62.9 Å². The average Bonchev–Trinajstić information content (AvgIpc) is 2.99. The summed E-state index contributed by atoms with van der Waals surface area (Å²) in [5, 5.41) is 11.7. The van der Waals surface area contributed by atoms with Crippen molar-refractivity contribution in [2.24, 2.45) is 12.0 Å². The van der Waals surface area contributed by atoms with E-state index >= 15 is 0 Å². The van der Waals surface area contributed by atoms with Crippen LogP contribution < -0.4 is 10.6 Å². The maximum absolute atomic E-state index is 5.14. The third kappa shape index (κ3) is 5.72. The lowest BCUT2D eigenvalue weighted by atomic mass is 9.80. The maximum atomic E-state index is 5.14. The van der Waals surface area contributed by atoms with E-state index in [9.17, 15) is 0 Å². The minimum atomic E-state index is 0.265. The summed E-state index contributed by atoms with van der Waals surface area (Å²) in [5.41, 5.74) is 4.01. The van der Waals surface area contributed by atoms with Crippen LogP contribution in [0.2, 0.25) is 0 Å². The van der Waals surface area contributed by atoms with Gasteiger partial charge < -0.3 is 10.6 Å². The fraction of sp³-hybridized carbons (Fsp3) is 0.826. The Bertz CT molecular complexity index is 701. The molecule has 170 valence electrons. The highest BCUT2D eigenvalue weighted by Gasteiger charge is 2.38. The zero-order chi connectivity index (χ0) is 21.6. The van der Waals surface area contributed by atoms with Gasteiger partial charge in [0.15, 0.2) is 5.96 Å². The molecule has 1 saturated carbocycles. The fourth-order valence-electron chi connectivity index (χ4n) is 5.07. The molecule has 1 aliphatic carbocycles. The second-order valence-electron chi connectivity index (χ2n) is 9.10. The Hall–Kier alpha value is -1.21. The van der Waals surface area contributed by atoms with Crippen LogP contribution in [0.25, 0.3) is 0 Å². The summed E-state index contributed by atoms with van der Waals surface area (Å²) in [4.78, 5) is 7.91. The third-order valence-corrected chi connectivity index (χ3v) is 7.84. The molecule has 2 heterocycles. The molecule has 0 radical (unpaired) electrons. The van der Waals surface area contributed by atoms with Crippen LogP contribution in [-0.4, -0.2) is 69.9 Å². The van der Waals surface area contributed by atoms with E-state index in [2.05, 4.69) is 60.1 Å². The van der Waals surface area contributed by atoms with E-state index in [1.54, 1.807) is 0 Å². The van der Waals surface area contributed by atoms with E-state index in [4.69, 9.17) is 4.99 Å². The van der Waals surface area contributed by atoms with Crippen molar-refractivity contribution in [1.82, 2.24) is 25.3 Å². The van der Waals surface area contributed by atoms with Crippen molar-refractivity contribution >= 4 is 17.7 Å². The first-order valence-electron chi connectivity index (χ1n) is 11.8. The lowest BCUT2D eigenvalue weighted by molar-refractivity contribution is 0.0671. The van der Waals surface area contributed by atoms with Gasteiger partial charge in [0, 0.05) is 55.5 Å². The third-order valence-electron chi connectivity index (χ3n) is 6.89. The van der Waals surface area contributed by atoms with E-state index < -0.39 is 0 Å². The zero-order valence-electron chi connectivity index (χ0n) is 19.8. The molecule has 0 bridgehead atoms. The van der Waals surface area contributed by atoms with Crippen molar-refractivity contribution in [2.45, 2.75) is 77.8 Å². The molecule has 3 rings (SSSR count). The molecular weight excluding hydrogens is 392 g/mol. The molecule has 2 fully saturated rings. The van der Waals surface area contributed by atoms with Gasteiger partial charge in [0.25, 0.3) is 0 Å². The van der Waals surface area contributed by atoms with Gasteiger partial charge >= 0.3 is 0 Å². The van der Waals surface area contributed by atoms with Gasteiger partial charge in [0.05, 0.1) is 12.2 Å². The van der Waals surface area contributed by atoms with Crippen LogP contribution in [0.15, 0.2) is 4.99 Å². The fourth-order valence-corrected chi connectivity index (χ4v) is 5.97. The number of thioether (sulfide) groups is 1. The minimum absolute atomic E-state index is 0.265. The highest BCUT2D eigenvalue weighted by molar-refractivity contribution is 7.99. The lowest BCUT2D eigenvalue weighted by Crippen LogP contribution is -2.56. The van der Waals surface area contributed by atoms with Crippen LogP contribution in [-0.2, 0) is 13.5 Å². The van der Waals surface area contributed by atoms with Crippen molar-refractivity contribution in [2.75, 3.05) is 37.7 Å². The molecule has 0 aromatic carbocycles. The van der Waals surface area contributed by atoms with Gasteiger partial charge in [-0.3, -0.25) is 14.6 Å². The molecule has 1 unspecified atom stereocenters. The standard InChI is InChI=1S/C23H42N6S/c1-6-24-22(26-18(2)16-21-19(3)27-28(5)20(21)4)25-17-23(10-8-7-9-11-23)29-12-14-30-15-13-29/h18H,6-17H2,1-5H3,(H2,24,25,26). The molecule has 1 atom stereocenters. The molecule has 7 heteroatoms. The number of hydrogen-bond acceptors (Lipinski definition) is 4. The van der Waals surface area contributed by atoms with Crippen LogP contribution in [0.5, 0.6) is 0 Å². The van der Waals surface area contributed by atoms with Crippen LogP contribution >= 0.6 is 11.8 Å². The molecule has 0 amide bonds. The molecule has 6 nitrogen and oxygen atoms in total. The maximum Gasteiger partial charge on any atom is 0.191 e. The predicted molar refractivity (Wildman–Crippen MR) is 130 cm³/mol. The van der Waals surface area contributed by atoms with E-state index in [0.717, 1.165) is 31.2 Å². The number of guanidine groups is 1. The molecule has 2 aliphatic rings. The van der Waals surface area contributed by atoms with Crippen molar-refractivity contribution in [3.63, 3.8) is 0 Å². The number of hydrogen-bond donors (Lipinski definition) is 2. The first kappa shape index (κ1) is 23.5. The lowest BCUT2D eigenvalue weighted by Gasteiger charge is -2.47. The van der Waals surface area contributed by atoms with Gasteiger partial charge in [-0.2, -0.15) is 16.9 Å². The zero-order valence-corrected chi connectivity index (χ0v) is 20.6. The molecule has 1 aromatic rings. The summed E-state index contributed by atoms with van der Waals surface area (Å²) < 4.78 is 1.99. The summed E-state index contributed by atoms with van der Waals surface area (Å²) in [6.07, 6.45) is 7.63. The second-order valence-corrected chi connectivity index (χ2v) is 10.3. The number of aryl methyl sites for hydroxylation is 2. The Balaban J connectivity index is 1.68. The normalized spacial score (nSPS) is 21.4. The van der Waals surface area contributed by atoms with Gasteiger partial charge in [-0.15, -0.1) is 0 Å². The SMILES string of the molecule is CCNC(=NCC1(N2CCSCC2)CCCCC1)NC(C)Cc1c(C)nn(C)c1C. The summed E-state index contributed by atoms with van der Waals surface area (Å²) in [6.45, 7) is 12.9. The number of aromatic nitrogens is 2. The van der Waals surface area contributed by atoms with Crippen LogP contribution in [0.3, 0.4) is 0 Å². The molecule has 2 N–H and O–H groups in total. The quantitative estimate of drug-likeness (QED) is 0.509. The summed E-state index contributed by atoms with van der Waals surface area (Å²) in [6, 6.07) is 0.304. The number of rotatable bonds is 7. The predicted octanol–water partition coefficient (Wildman–Crippen LogP) is 3.27. The molecule has 1 aliphatic heterocycles. The molecule has 1 saturated heterocycles. The first-order valence-corrected chi connectivity index (χ1v) is 13.0. The number of aliphatic imine (C=N–C) groups is 1.